The molecule has 11 heavy (non-hydrogen) atoms. The highest BCUT2D eigenvalue weighted by Gasteiger charge is 2.36. The molecule has 0 rings (SSSR count). The SMILES string of the molecule is CC(C)(C)[Si](C)(C)NC(N)=O. The number of nitrogens with two attached hydrogens (primary N) is 1. The lowest BCUT2D eigenvalue weighted by atomic mass is 10.2. The monoisotopic (exact) mass is 174 g/mol. The smallest absolute Gasteiger partial charge is 0.304 e. The van der Waals surface area contributed by atoms with Crippen molar-refractivity contribution in [2.75, 3.05) is 0 Å². The van der Waals surface area contributed by atoms with Gasteiger partial charge in [-0.1, -0.05) is 33.9 Å². The molecule has 0 aliphatic heterocycles. The first-order chi connectivity index (χ1) is 4.67. The molecule has 0 bridgehead atoms. The molecule has 0 radical (unpaired) electrons. The third-order valence-corrected chi connectivity index (χ3v) is 6.93. The van der Waals surface area contributed by atoms with Crippen molar-refractivity contribution in [1.29, 1.82) is 0 Å². The van der Waals surface area contributed by atoms with E-state index in [4.69, 9.17) is 5.73 Å². The summed E-state index contributed by atoms with van der Waals surface area (Å²) in [5.41, 5.74) is 5.06. The van der Waals surface area contributed by atoms with Crippen LogP contribution in [0.3, 0.4) is 0 Å². The van der Waals surface area contributed by atoms with Crippen LogP contribution < -0.4 is 10.7 Å². The largest absolute Gasteiger partial charge is 0.364 e. The molecule has 0 aliphatic rings. The number of hydrogen-bond donors (Lipinski definition) is 2. The predicted octanol–water partition coefficient (Wildman–Crippen LogP) is 1.66. The van der Waals surface area contributed by atoms with Crippen molar-refractivity contribution in [1.82, 2.24) is 4.98 Å². The number of nitrogens with one attached hydrogen (secondary N) is 1. The number of carbonyl (C=O) groups is 1. The van der Waals surface area contributed by atoms with Crippen LogP contribution in [0.5, 0.6) is 0 Å². The van der Waals surface area contributed by atoms with E-state index in [1.807, 2.05) is 0 Å². The molecule has 0 saturated heterocycles. The van der Waals surface area contributed by atoms with Crippen molar-refractivity contribution >= 4 is 14.3 Å². The summed E-state index contributed by atoms with van der Waals surface area (Å²) in [7, 11) is -1.69. The molecular formula is C7H18N2OSi. The van der Waals surface area contributed by atoms with E-state index in [1.54, 1.807) is 0 Å². The van der Waals surface area contributed by atoms with Crippen molar-refractivity contribution in [2.45, 2.75) is 38.9 Å². The Morgan fingerprint density at radius 2 is 1.73 bits per heavy atom. The molecule has 0 fully saturated rings. The summed E-state index contributed by atoms with van der Waals surface area (Å²) >= 11 is 0. The lowest BCUT2D eigenvalue weighted by Gasteiger charge is -2.36. The number of amides is 2. The zero-order valence-corrected chi connectivity index (χ0v) is 8.99. The van der Waals surface area contributed by atoms with Gasteiger partial charge in [0.15, 0.2) is 8.24 Å². The molecule has 0 heterocycles. The Labute approximate surface area is 69.4 Å². The van der Waals surface area contributed by atoms with Gasteiger partial charge in [-0.2, -0.15) is 0 Å². The second-order valence-electron chi connectivity index (χ2n) is 4.36. The Kier molecular flexibility index (Phi) is 2.72. The van der Waals surface area contributed by atoms with Gasteiger partial charge in [-0.05, 0) is 5.04 Å². The van der Waals surface area contributed by atoms with E-state index >= 15 is 0 Å². The topological polar surface area (TPSA) is 55.1 Å². The van der Waals surface area contributed by atoms with Crippen LogP contribution in [0.4, 0.5) is 4.79 Å². The number of rotatable bonds is 1. The van der Waals surface area contributed by atoms with Crippen LogP contribution in [0.25, 0.3) is 0 Å². The number of hydrogen-bond acceptors (Lipinski definition) is 1. The lowest BCUT2D eigenvalue weighted by molar-refractivity contribution is 0.253. The summed E-state index contributed by atoms with van der Waals surface area (Å²) in [6, 6.07) is -0.406. The number of carbonyl (C=O) groups excluding carboxylic acids is 1. The van der Waals surface area contributed by atoms with Gasteiger partial charge in [0, 0.05) is 0 Å². The molecule has 0 spiro atoms. The first kappa shape index (κ1) is 10.5. The predicted molar refractivity (Wildman–Crippen MR) is 49.9 cm³/mol. The van der Waals surface area contributed by atoms with Crippen molar-refractivity contribution in [2.24, 2.45) is 5.73 Å². The average Bonchev–Trinajstić information content (AvgIpc) is 1.56. The van der Waals surface area contributed by atoms with Gasteiger partial charge < -0.3 is 10.7 Å². The Morgan fingerprint density at radius 3 is 1.82 bits per heavy atom. The van der Waals surface area contributed by atoms with Crippen LogP contribution in [0, 0.1) is 0 Å². The maximum Gasteiger partial charge on any atom is 0.304 e. The molecule has 0 aromatic rings. The van der Waals surface area contributed by atoms with Crippen LogP contribution in [0.2, 0.25) is 18.1 Å². The molecule has 0 aromatic carbocycles. The zero-order chi connectivity index (χ0) is 9.28. The third kappa shape index (κ3) is 2.92. The van der Waals surface area contributed by atoms with Gasteiger partial charge in [0.2, 0.25) is 0 Å². The molecule has 0 saturated carbocycles. The van der Waals surface area contributed by atoms with E-state index < -0.39 is 14.3 Å². The van der Waals surface area contributed by atoms with Gasteiger partial charge in [-0.15, -0.1) is 0 Å². The van der Waals surface area contributed by atoms with Crippen LogP contribution in [0.15, 0.2) is 0 Å². The minimum atomic E-state index is -1.69. The fourth-order valence-corrected chi connectivity index (χ4v) is 1.49. The highest BCUT2D eigenvalue weighted by molar-refractivity contribution is 6.79. The van der Waals surface area contributed by atoms with E-state index in [2.05, 4.69) is 38.8 Å². The molecular weight excluding hydrogens is 156 g/mol. The molecule has 0 atom stereocenters. The van der Waals surface area contributed by atoms with Crippen molar-refractivity contribution in [3.05, 3.63) is 0 Å². The third-order valence-electron chi connectivity index (χ3n) is 2.31. The van der Waals surface area contributed by atoms with Gasteiger partial charge in [0.1, 0.15) is 0 Å². The maximum absolute atomic E-state index is 10.6. The minimum absolute atomic E-state index is 0.155. The van der Waals surface area contributed by atoms with E-state index in [9.17, 15) is 4.79 Å². The van der Waals surface area contributed by atoms with Crippen molar-refractivity contribution in [3.63, 3.8) is 0 Å². The van der Waals surface area contributed by atoms with E-state index in [0.717, 1.165) is 0 Å². The van der Waals surface area contributed by atoms with Crippen LogP contribution in [0.1, 0.15) is 20.8 Å². The Hall–Kier alpha value is -0.513. The summed E-state index contributed by atoms with van der Waals surface area (Å²) in [4.78, 5) is 13.4. The highest BCUT2D eigenvalue weighted by Crippen LogP contribution is 2.33. The number of urea groups is 1. The molecule has 2 amide bonds. The molecule has 0 unspecified atom stereocenters. The lowest BCUT2D eigenvalue weighted by Crippen LogP contribution is -2.56. The van der Waals surface area contributed by atoms with Crippen LogP contribution in [-0.2, 0) is 0 Å². The second-order valence-corrected chi connectivity index (χ2v) is 9.36. The number of primary amides is 1. The summed E-state index contributed by atoms with van der Waals surface area (Å²) in [6.45, 7) is 10.6. The molecule has 0 aromatic heterocycles. The summed E-state index contributed by atoms with van der Waals surface area (Å²) in [5, 5.41) is 0.155. The summed E-state index contributed by atoms with van der Waals surface area (Å²) in [5.74, 6) is 0. The molecule has 3 N–H and O–H groups in total. The molecule has 0 aliphatic carbocycles. The second kappa shape index (κ2) is 2.85. The fraction of sp³-hybridized carbons (Fsp3) is 0.857. The van der Waals surface area contributed by atoms with Gasteiger partial charge in [-0.3, -0.25) is 4.79 Å². The van der Waals surface area contributed by atoms with Gasteiger partial charge in [0.25, 0.3) is 0 Å². The van der Waals surface area contributed by atoms with Gasteiger partial charge in [-0.25, -0.2) is 0 Å². The Balaban J connectivity index is 4.34. The standard InChI is InChI=1S/C7H18N2OSi/c1-7(2,3)11(4,5)9-6(8)10/h1-5H3,(H3,8,9,10). The van der Waals surface area contributed by atoms with Crippen LogP contribution in [-0.4, -0.2) is 14.3 Å². The highest BCUT2D eigenvalue weighted by atomic mass is 28.3. The van der Waals surface area contributed by atoms with Crippen molar-refractivity contribution < 1.29 is 4.79 Å². The van der Waals surface area contributed by atoms with E-state index in [-0.39, 0.29) is 5.04 Å². The van der Waals surface area contributed by atoms with E-state index in [0.29, 0.717) is 0 Å². The van der Waals surface area contributed by atoms with Crippen LogP contribution >= 0.6 is 0 Å². The summed E-state index contributed by atoms with van der Waals surface area (Å²) < 4.78 is 0. The normalized spacial score (nSPS) is 12.8. The van der Waals surface area contributed by atoms with Gasteiger partial charge >= 0.3 is 6.03 Å². The molecule has 3 nitrogen and oxygen atoms in total. The molecule has 66 valence electrons. The van der Waals surface area contributed by atoms with Crippen molar-refractivity contribution in [3.8, 4) is 0 Å². The van der Waals surface area contributed by atoms with E-state index in [1.165, 1.54) is 0 Å². The minimum Gasteiger partial charge on any atom is -0.364 e. The molecule has 4 heteroatoms. The zero-order valence-electron chi connectivity index (χ0n) is 7.99. The fourth-order valence-electron chi connectivity index (χ4n) is 0.495. The Bertz CT molecular complexity index is 160. The quantitative estimate of drug-likeness (QED) is 0.584. The first-order valence-electron chi connectivity index (χ1n) is 3.74. The average molecular weight is 174 g/mol. The maximum atomic E-state index is 10.6. The first-order valence-corrected chi connectivity index (χ1v) is 6.74. The van der Waals surface area contributed by atoms with Gasteiger partial charge in [0.05, 0.1) is 0 Å². The Morgan fingerprint density at radius 1 is 1.36 bits per heavy atom. The summed E-state index contributed by atoms with van der Waals surface area (Å²) in [6.07, 6.45) is 0.